The molecule has 1 aromatic heterocycles. The van der Waals surface area contributed by atoms with Crippen molar-refractivity contribution in [1.29, 1.82) is 0 Å². The third-order valence-corrected chi connectivity index (χ3v) is 5.23. The van der Waals surface area contributed by atoms with Gasteiger partial charge in [0.1, 0.15) is 22.8 Å². The van der Waals surface area contributed by atoms with Gasteiger partial charge in [-0.15, -0.1) is 0 Å². The van der Waals surface area contributed by atoms with Gasteiger partial charge in [0.2, 0.25) is 0 Å². The first-order chi connectivity index (χ1) is 13.5. The summed E-state index contributed by atoms with van der Waals surface area (Å²) >= 11 is 6.05. The number of nitrogens with one attached hydrogen (secondary N) is 1. The van der Waals surface area contributed by atoms with E-state index in [4.69, 9.17) is 20.9 Å². The van der Waals surface area contributed by atoms with Crippen molar-refractivity contribution in [3.8, 4) is 11.3 Å². The van der Waals surface area contributed by atoms with Crippen LogP contribution in [0.3, 0.4) is 0 Å². The molecular weight excluding hydrogens is 387 g/mol. The van der Waals surface area contributed by atoms with Gasteiger partial charge < -0.3 is 14.6 Å². The molecule has 1 saturated carbocycles. The number of halogens is 2. The lowest BCUT2D eigenvalue weighted by Gasteiger charge is -2.21. The number of amides is 1. The number of aryl methyl sites for hydroxylation is 1. The van der Waals surface area contributed by atoms with Crippen LogP contribution in [0.25, 0.3) is 11.3 Å². The molecule has 1 amide bonds. The van der Waals surface area contributed by atoms with Gasteiger partial charge >= 0.3 is 5.97 Å². The fraction of sp³-hybridized carbons (Fsp3) is 0.450. The van der Waals surface area contributed by atoms with Crippen LogP contribution in [0.5, 0.6) is 0 Å². The predicted octanol–water partition coefficient (Wildman–Crippen LogP) is 4.30. The molecule has 28 heavy (non-hydrogen) atoms. The van der Waals surface area contributed by atoms with E-state index in [1.165, 1.54) is 44.4 Å². The lowest BCUT2D eigenvalue weighted by atomic mass is 9.89. The van der Waals surface area contributed by atoms with Crippen molar-refractivity contribution >= 4 is 23.5 Å². The number of esters is 1. The molecule has 3 rings (SSSR count). The monoisotopic (exact) mass is 408 g/mol. The molecule has 0 radical (unpaired) electrons. The van der Waals surface area contributed by atoms with Crippen LogP contribution in [0.1, 0.15) is 48.2 Å². The number of aromatic nitrogens is 1. The minimum absolute atomic E-state index is 0.0466. The van der Waals surface area contributed by atoms with Crippen molar-refractivity contribution in [2.24, 2.45) is 5.92 Å². The smallest absolute Gasteiger partial charge is 0.344 e. The second-order valence-corrected chi connectivity index (χ2v) is 7.35. The molecule has 1 heterocycles. The average Bonchev–Trinajstić information content (AvgIpc) is 3.06. The first kappa shape index (κ1) is 20.3. The van der Waals surface area contributed by atoms with E-state index in [0.717, 1.165) is 12.8 Å². The topological polar surface area (TPSA) is 81.4 Å². The highest BCUT2D eigenvalue weighted by molar-refractivity contribution is 6.33. The number of ether oxygens (including phenoxy) is 1. The van der Waals surface area contributed by atoms with E-state index >= 15 is 0 Å². The number of benzene rings is 1. The van der Waals surface area contributed by atoms with Gasteiger partial charge in [-0.2, -0.15) is 0 Å². The summed E-state index contributed by atoms with van der Waals surface area (Å²) in [7, 11) is 0. The molecule has 1 aromatic carbocycles. The van der Waals surface area contributed by atoms with E-state index in [0.29, 0.717) is 12.5 Å². The summed E-state index contributed by atoms with van der Waals surface area (Å²) in [6.07, 6.45) is 5.82. The van der Waals surface area contributed by atoms with E-state index < -0.39 is 18.4 Å². The van der Waals surface area contributed by atoms with Crippen molar-refractivity contribution in [3.63, 3.8) is 0 Å². The predicted molar refractivity (Wildman–Crippen MR) is 102 cm³/mol. The molecular formula is C20H22ClFN2O4. The Bertz CT molecular complexity index is 842. The van der Waals surface area contributed by atoms with Gasteiger partial charge in [0.15, 0.2) is 6.61 Å². The summed E-state index contributed by atoms with van der Waals surface area (Å²) in [5, 5.41) is 6.64. The zero-order valence-corrected chi connectivity index (χ0v) is 16.4. The summed E-state index contributed by atoms with van der Waals surface area (Å²) < 4.78 is 24.3. The molecule has 0 atom stereocenters. The molecule has 2 aromatic rings. The number of hydrogen-bond donors (Lipinski definition) is 1. The Balaban J connectivity index is 1.63. The molecule has 8 heteroatoms. The molecule has 150 valence electrons. The third-order valence-electron chi connectivity index (χ3n) is 4.91. The summed E-state index contributed by atoms with van der Waals surface area (Å²) in [6.45, 7) is 1.66. The first-order valence-corrected chi connectivity index (χ1v) is 9.69. The maximum absolute atomic E-state index is 14.2. The molecule has 0 aliphatic heterocycles. The van der Waals surface area contributed by atoms with E-state index in [2.05, 4.69) is 10.5 Å². The second kappa shape index (κ2) is 9.19. The van der Waals surface area contributed by atoms with Crippen LogP contribution >= 0.6 is 11.6 Å². The molecule has 1 aliphatic rings. The number of carbonyl (C=O) groups excluding carboxylic acids is 2. The van der Waals surface area contributed by atoms with Gasteiger partial charge in [-0.3, -0.25) is 4.79 Å². The maximum atomic E-state index is 14.2. The minimum Gasteiger partial charge on any atom is -0.452 e. The molecule has 0 spiro atoms. The Morgan fingerprint density at radius 2 is 2.07 bits per heavy atom. The SMILES string of the molecule is Cc1onc(-c2c(F)cccc2Cl)c1C(=O)OCC(=O)NCC1CCCCC1. The lowest BCUT2D eigenvalue weighted by molar-refractivity contribution is -0.124. The van der Waals surface area contributed by atoms with E-state index in [-0.39, 0.29) is 33.5 Å². The Morgan fingerprint density at radius 3 is 2.79 bits per heavy atom. The van der Waals surface area contributed by atoms with Crippen LogP contribution in [-0.2, 0) is 9.53 Å². The molecule has 0 bridgehead atoms. The van der Waals surface area contributed by atoms with Crippen molar-refractivity contribution in [2.75, 3.05) is 13.2 Å². The lowest BCUT2D eigenvalue weighted by Crippen LogP contribution is -2.33. The fourth-order valence-corrected chi connectivity index (χ4v) is 3.66. The molecule has 0 saturated heterocycles. The van der Waals surface area contributed by atoms with Crippen LogP contribution in [0.4, 0.5) is 4.39 Å². The number of rotatable bonds is 6. The fourth-order valence-electron chi connectivity index (χ4n) is 3.41. The molecule has 1 N–H and O–H groups in total. The third kappa shape index (κ3) is 4.70. The van der Waals surface area contributed by atoms with E-state index in [9.17, 15) is 14.0 Å². The van der Waals surface area contributed by atoms with Crippen LogP contribution < -0.4 is 5.32 Å². The maximum Gasteiger partial charge on any atom is 0.344 e. The molecule has 0 unspecified atom stereocenters. The summed E-state index contributed by atoms with van der Waals surface area (Å²) in [5.74, 6) is -1.20. The summed E-state index contributed by atoms with van der Waals surface area (Å²) in [4.78, 5) is 24.5. The highest BCUT2D eigenvalue weighted by Crippen LogP contribution is 2.33. The summed E-state index contributed by atoms with van der Waals surface area (Å²) in [5.41, 5.74) is -0.144. The van der Waals surface area contributed by atoms with Crippen LogP contribution in [0.15, 0.2) is 22.7 Å². The van der Waals surface area contributed by atoms with Crippen molar-refractivity contribution in [1.82, 2.24) is 10.5 Å². The van der Waals surface area contributed by atoms with E-state index in [1.54, 1.807) is 0 Å². The van der Waals surface area contributed by atoms with E-state index in [1.807, 2.05) is 0 Å². The van der Waals surface area contributed by atoms with Crippen LogP contribution in [-0.4, -0.2) is 30.2 Å². The molecule has 6 nitrogen and oxygen atoms in total. The Labute approximate surface area is 167 Å². The quantitative estimate of drug-likeness (QED) is 0.721. The van der Waals surface area contributed by atoms with Crippen molar-refractivity contribution in [3.05, 3.63) is 40.4 Å². The van der Waals surface area contributed by atoms with Gasteiger partial charge in [-0.25, -0.2) is 9.18 Å². The molecule has 1 aliphatic carbocycles. The Morgan fingerprint density at radius 1 is 1.32 bits per heavy atom. The largest absolute Gasteiger partial charge is 0.452 e. The van der Waals surface area contributed by atoms with Crippen LogP contribution in [0, 0.1) is 18.7 Å². The zero-order chi connectivity index (χ0) is 20.1. The highest BCUT2D eigenvalue weighted by atomic mass is 35.5. The summed E-state index contributed by atoms with van der Waals surface area (Å²) in [6, 6.07) is 4.14. The first-order valence-electron chi connectivity index (χ1n) is 9.32. The van der Waals surface area contributed by atoms with Gasteiger partial charge in [-0.1, -0.05) is 42.1 Å². The zero-order valence-electron chi connectivity index (χ0n) is 15.6. The number of hydrogen-bond acceptors (Lipinski definition) is 5. The van der Waals surface area contributed by atoms with Crippen LogP contribution in [0.2, 0.25) is 5.02 Å². The van der Waals surface area contributed by atoms with Gasteiger partial charge in [0.25, 0.3) is 5.91 Å². The Kier molecular flexibility index (Phi) is 6.67. The number of nitrogens with zero attached hydrogens (tertiary/aromatic N) is 1. The van der Waals surface area contributed by atoms with Gasteiger partial charge in [0, 0.05) is 6.54 Å². The van der Waals surface area contributed by atoms with Gasteiger partial charge in [0.05, 0.1) is 10.6 Å². The average molecular weight is 409 g/mol. The van der Waals surface area contributed by atoms with Crippen molar-refractivity contribution in [2.45, 2.75) is 39.0 Å². The minimum atomic E-state index is -0.819. The molecule has 1 fully saturated rings. The van der Waals surface area contributed by atoms with Crippen molar-refractivity contribution < 1.29 is 23.2 Å². The standard InChI is InChI=1S/C20H22ClFN2O4/c1-12-17(19(24-28-12)18-14(21)8-5-9-15(18)22)20(26)27-11-16(25)23-10-13-6-3-2-4-7-13/h5,8-9,13H,2-4,6-7,10-11H2,1H3,(H,23,25). The second-order valence-electron chi connectivity index (χ2n) is 6.94. The number of carbonyl (C=O) groups is 2. The Hall–Kier alpha value is -2.41. The normalized spacial score (nSPS) is 14.7. The highest BCUT2D eigenvalue weighted by Gasteiger charge is 2.27. The van der Waals surface area contributed by atoms with Gasteiger partial charge in [-0.05, 0) is 37.8 Å².